The third-order valence-corrected chi connectivity index (χ3v) is 8.54. The Morgan fingerprint density at radius 2 is 1.94 bits per heavy atom. The second-order valence-corrected chi connectivity index (χ2v) is 10.5. The number of thioether (sulfide) groups is 1. The number of carbonyl (C=O) groups excluding carboxylic acids is 1. The van der Waals surface area contributed by atoms with Crippen molar-refractivity contribution in [3.05, 3.63) is 62.2 Å². The minimum absolute atomic E-state index is 0.138. The van der Waals surface area contributed by atoms with E-state index in [1.807, 2.05) is 55.6 Å². The molecule has 1 aromatic carbocycles. The Labute approximate surface area is 212 Å². The average molecular weight is 509 g/mol. The molecule has 3 heterocycles. The lowest BCUT2D eigenvalue weighted by Crippen LogP contribution is -2.23. The zero-order valence-corrected chi connectivity index (χ0v) is 21.7. The summed E-state index contributed by atoms with van der Waals surface area (Å²) in [5, 5.41) is 14.6. The highest BCUT2D eigenvalue weighted by Gasteiger charge is 2.23. The molecule has 0 fully saturated rings. The first-order valence-corrected chi connectivity index (χ1v) is 13.7. The molecule has 0 atom stereocenters. The average Bonchev–Trinajstić information content (AvgIpc) is 3.54. The van der Waals surface area contributed by atoms with Crippen LogP contribution in [0, 0.1) is 6.92 Å². The third-order valence-electron chi connectivity index (χ3n) is 6.49. The van der Waals surface area contributed by atoms with Crippen molar-refractivity contribution in [2.24, 2.45) is 7.05 Å². The van der Waals surface area contributed by atoms with E-state index >= 15 is 0 Å². The maximum absolute atomic E-state index is 13.1. The number of nitrogens with one attached hydrogen (secondary N) is 1. The van der Waals surface area contributed by atoms with Crippen LogP contribution in [-0.4, -0.2) is 35.8 Å². The van der Waals surface area contributed by atoms with Gasteiger partial charge in [-0.15, -0.1) is 21.5 Å². The van der Waals surface area contributed by atoms with Crippen LogP contribution in [0.15, 0.2) is 45.7 Å². The van der Waals surface area contributed by atoms with Crippen LogP contribution in [0.3, 0.4) is 0 Å². The number of para-hydroxylation sites is 1. The van der Waals surface area contributed by atoms with E-state index in [4.69, 9.17) is 0 Å². The number of aryl methyl sites for hydroxylation is 1. The highest BCUT2D eigenvalue weighted by Crippen LogP contribution is 2.36. The molecule has 5 rings (SSSR count). The second-order valence-electron chi connectivity index (χ2n) is 8.58. The Morgan fingerprint density at radius 3 is 2.71 bits per heavy atom. The summed E-state index contributed by atoms with van der Waals surface area (Å²) in [5.74, 6) is 0.763. The van der Waals surface area contributed by atoms with E-state index in [0.717, 1.165) is 30.9 Å². The van der Waals surface area contributed by atoms with Crippen molar-refractivity contribution in [2.45, 2.75) is 51.2 Å². The number of aromatic nitrogens is 5. The molecule has 0 aliphatic heterocycles. The Balaban J connectivity index is 1.32. The van der Waals surface area contributed by atoms with Gasteiger partial charge in [-0.05, 0) is 57.2 Å². The van der Waals surface area contributed by atoms with Gasteiger partial charge in [0.15, 0.2) is 11.0 Å². The van der Waals surface area contributed by atoms with Crippen LogP contribution in [0.2, 0.25) is 0 Å². The highest BCUT2D eigenvalue weighted by molar-refractivity contribution is 7.99. The van der Waals surface area contributed by atoms with Crippen molar-refractivity contribution in [3.63, 3.8) is 0 Å². The molecule has 3 aromatic heterocycles. The quantitative estimate of drug-likeness (QED) is 0.373. The lowest BCUT2D eigenvalue weighted by Gasteiger charge is -2.13. The van der Waals surface area contributed by atoms with Gasteiger partial charge in [0.1, 0.15) is 5.69 Å². The van der Waals surface area contributed by atoms with Crippen molar-refractivity contribution < 1.29 is 4.79 Å². The maximum Gasteiger partial charge on any atom is 0.295 e. The summed E-state index contributed by atoms with van der Waals surface area (Å²) in [7, 11) is 1.81. The Bertz CT molecular complexity index is 1430. The lowest BCUT2D eigenvalue weighted by atomic mass is 9.96. The largest absolute Gasteiger partial charge is 0.319 e. The van der Waals surface area contributed by atoms with Gasteiger partial charge in [0, 0.05) is 29.4 Å². The molecule has 1 aliphatic carbocycles. The number of anilines is 1. The first-order valence-electron chi connectivity index (χ1n) is 11.8. The minimum atomic E-state index is -0.254. The molecule has 0 spiro atoms. The van der Waals surface area contributed by atoms with Gasteiger partial charge in [-0.1, -0.05) is 30.0 Å². The Hall–Kier alpha value is -3.11. The van der Waals surface area contributed by atoms with Crippen molar-refractivity contribution in [2.75, 3.05) is 11.1 Å². The summed E-state index contributed by atoms with van der Waals surface area (Å²) < 4.78 is 5.38. The van der Waals surface area contributed by atoms with Gasteiger partial charge in [0.05, 0.1) is 17.1 Å². The number of nitrogens with zero attached hydrogens (tertiary/aromatic N) is 5. The predicted octanol–water partition coefficient (Wildman–Crippen LogP) is 4.43. The molecule has 4 aromatic rings. The van der Waals surface area contributed by atoms with Gasteiger partial charge in [-0.3, -0.25) is 14.3 Å². The zero-order chi connectivity index (χ0) is 24.5. The van der Waals surface area contributed by atoms with E-state index in [1.165, 1.54) is 40.6 Å². The summed E-state index contributed by atoms with van der Waals surface area (Å²) >= 11 is 3.15. The standard InChI is InChI=1S/C25H28N6O2S2/c1-4-30-23(19-14-34-20-13-9-8-12-18(19)20)27-28-25(30)35-15-21(32)26-22-16(2)29(3)31(24(22)33)17-10-6-5-7-11-17/h5-7,10-11,14H,4,8-9,12-13,15H2,1-3H3,(H,26,32). The number of carbonyl (C=O) groups is 1. The molecule has 0 bridgehead atoms. The molecule has 10 heteroatoms. The van der Waals surface area contributed by atoms with E-state index in [-0.39, 0.29) is 17.2 Å². The molecule has 8 nitrogen and oxygen atoms in total. The number of benzene rings is 1. The van der Waals surface area contributed by atoms with Crippen LogP contribution in [0.1, 0.15) is 35.9 Å². The molecule has 1 amide bonds. The van der Waals surface area contributed by atoms with Gasteiger partial charge in [0.25, 0.3) is 5.56 Å². The second kappa shape index (κ2) is 9.87. The van der Waals surface area contributed by atoms with Crippen LogP contribution in [-0.2, 0) is 31.2 Å². The molecule has 1 aliphatic rings. The van der Waals surface area contributed by atoms with Crippen LogP contribution in [0.5, 0.6) is 0 Å². The Kier molecular flexibility index (Phi) is 6.66. The molecule has 35 heavy (non-hydrogen) atoms. The molecule has 1 N–H and O–H groups in total. The third kappa shape index (κ3) is 4.36. The topological polar surface area (TPSA) is 86.7 Å². The lowest BCUT2D eigenvalue weighted by molar-refractivity contribution is -0.113. The van der Waals surface area contributed by atoms with E-state index < -0.39 is 0 Å². The maximum atomic E-state index is 13.1. The number of thiophene rings is 1. The summed E-state index contributed by atoms with van der Waals surface area (Å²) in [5.41, 5.74) is 4.07. The molecular formula is C25H28N6O2S2. The zero-order valence-electron chi connectivity index (χ0n) is 20.1. The fourth-order valence-corrected chi connectivity index (χ4v) is 6.51. The Morgan fingerprint density at radius 1 is 1.17 bits per heavy atom. The van der Waals surface area contributed by atoms with Crippen molar-refractivity contribution in [3.8, 4) is 17.1 Å². The summed E-state index contributed by atoms with van der Waals surface area (Å²) in [6.07, 6.45) is 4.70. The van der Waals surface area contributed by atoms with Crippen LogP contribution in [0.25, 0.3) is 17.1 Å². The molecule has 0 radical (unpaired) electrons. The summed E-state index contributed by atoms with van der Waals surface area (Å²) in [6, 6.07) is 9.38. The van der Waals surface area contributed by atoms with Crippen molar-refractivity contribution >= 4 is 34.7 Å². The number of fused-ring (bicyclic) bond motifs is 1. The van der Waals surface area contributed by atoms with Gasteiger partial charge in [-0.2, -0.15) is 0 Å². The van der Waals surface area contributed by atoms with Crippen LogP contribution >= 0.6 is 23.1 Å². The normalized spacial score (nSPS) is 13.1. The first kappa shape index (κ1) is 23.6. The van der Waals surface area contributed by atoms with Gasteiger partial charge < -0.3 is 9.88 Å². The highest BCUT2D eigenvalue weighted by atomic mass is 32.2. The number of amides is 1. The smallest absolute Gasteiger partial charge is 0.295 e. The number of hydrogen-bond donors (Lipinski definition) is 1. The molecule has 0 saturated carbocycles. The van der Waals surface area contributed by atoms with E-state index in [0.29, 0.717) is 16.5 Å². The SMILES string of the molecule is CCn1c(SCC(=O)Nc2c(C)n(C)n(-c3ccccc3)c2=O)nnc1-c1csc2c1CCCC2. The van der Waals surface area contributed by atoms with Crippen LogP contribution in [0.4, 0.5) is 5.69 Å². The van der Waals surface area contributed by atoms with Gasteiger partial charge in [0.2, 0.25) is 5.91 Å². The molecule has 0 unspecified atom stereocenters. The van der Waals surface area contributed by atoms with Gasteiger partial charge in [-0.25, -0.2) is 4.68 Å². The molecular weight excluding hydrogens is 480 g/mol. The van der Waals surface area contributed by atoms with E-state index in [9.17, 15) is 9.59 Å². The predicted molar refractivity (Wildman–Crippen MR) is 141 cm³/mol. The molecule has 182 valence electrons. The monoisotopic (exact) mass is 508 g/mol. The van der Waals surface area contributed by atoms with Gasteiger partial charge >= 0.3 is 0 Å². The fourth-order valence-electron chi connectivity index (χ4n) is 4.58. The summed E-state index contributed by atoms with van der Waals surface area (Å²) in [6.45, 7) is 4.61. The van der Waals surface area contributed by atoms with E-state index in [2.05, 4.69) is 32.4 Å². The minimum Gasteiger partial charge on any atom is -0.319 e. The van der Waals surface area contributed by atoms with Crippen molar-refractivity contribution in [1.82, 2.24) is 24.1 Å². The number of hydrogen-bond acceptors (Lipinski definition) is 6. The summed E-state index contributed by atoms with van der Waals surface area (Å²) in [4.78, 5) is 27.4. The molecule has 0 saturated heterocycles. The first-order chi connectivity index (χ1) is 17.0. The van der Waals surface area contributed by atoms with Crippen LogP contribution < -0.4 is 10.9 Å². The fraction of sp³-hybridized carbons (Fsp3) is 0.360. The van der Waals surface area contributed by atoms with Crippen molar-refractivity contribution in [1.29, 1.82) is 0 Å². The van der Waals surface area contributed by atoms with E-state index in [1.54, 1.807) is 9.36 Å². The number of rotatable bonds is 7.